The summed E-state index contributed by atoms with van der Waals surface area (Å²) in [4.78, 5) is 17.2. The van der Waals surface area contributed by atoms with E-state index in [4.69, 9.17) is 5.73 Å². The fraction of sp³-hybridized carbons (Fsp3) is 0.350. The molecule has 0 atom stereocenters. The molecule has 2 heterocycles. The zero-order valence-electron chi connectivity index (χ0n) is 14.2. The zero-order valence-corrected chi connectivity index (χ0v) is 14.2. The van der Waals surface area contributed by atoms with Crippen LogP contribution in [0.2, 0.25) is 0 Å². The molecule has 2 N–H and O–H groups in total. The normalized spacial score (nSPS) is 19.3. The molecule has 2 aromatic rings. The van der Waals surface area contributed by atoms with Crippen molar-refractivity contribution in [1.82, 2.24) is 0 Å². The van der Waals surface area contributed by atoms with Crippen LogP contribution < -0.4 is 15.5 Å². The number of carbonyl (C=O) groups excluding carboxylic acids is 1. The van der Waals surface area contributed by atoms with E-state index in [2.05, 4.69) is 29.2 Å². The highest BCUT2D eigenvalue weighted by Gasteiger charge is 2.45. The van der Waals surface area contributed by atoms with Gasteiger partial charge in [0.15, 0.2) is 0 Å². The van der Waals surface area contributed by atoms with Gasteiger partial charge in [0, 0.05) is 42.6 Å². The predicted octanol–water partition coefficient (Wildman–Crippen LogP) is 3.03. The molecule has 2 aliphatic heterocycles. The molecule has 0 radical (unpaired) electrons. The number of amides is 1. The Morgan fingerprint density at radius 3 is 2.54 bits per heavy atom. The minimum atomic E-state index is -0.466. The lowest BCUT2D eigenvalue weighted by Gasteiger charge is -2.42. The third kappa shape index (κ3) is 2.25. The number of benzene rings is 2. The highest BCUT2D eigenvalue weighted by molar-refractivity contribution is 6.08. The Morgan fingerprint density at radius 1 is 1.12 bits per heavy atom. The maximum absolute atomic E-state index is 12.9. The standard InChI is InChI=1S/C20H23N3O/c1-20(2)17-9-8-15(21)10-18(17)23(19(20)24)13-14-11-22(12-14)16-6-4-3-5-7-16/h3-10,14H,11-13,21H2,1-2H3. The second-order valence-corrected chi connectivity index (χ2v) is 7.42. The largest absolute Gasteiger partial charge is 0.399 e. The number of nitrogen functional groups attached to an aromatic ring is 1. The SMILES string of the molecule is CC1(C)C(=O)N(CC2CN(c3ccccc3)C2)c2cc(N)ccc21. The van der Waals surface area contributed by atoms with Gasteiger partial charge in [-0.25, -0.2) is 0 Å². The van der Waals surface area contributed by atoms with Crippen molar-refractivity contribution in [1.29, 1.82) is 0 Å². The summed E-state index contributed by atoms with van der Waals surface area (Å²) in [5, 5.41) is 0. The number of fused-ring (bicyclic) bond motifs is 1. The first kappa shape index (κ1) is 15.1. The number of nitrogens with two attached hydrogens (primary N) is 1. The van der Waals surface area contributed by atoms with Crippen molar-refractivity contribution in [2.45, 2.75) is 19.3 Å². The molecule has 0 unspecified atom stereocenters. The molecule has 4 nitrogen and oxygen atoms in total. The summed E-state index contributed by atoms with van der Waals surface area (Å²) in [5.41, 5.74) is 9.53. The lowest BCUT2D eigenvalue weighted by molar-refractivity contribution is -0.122. The maximum atomic E-state index is 12.9. The number of hydrogen-bond donors (Lipinski definition) is 1. The first-order chi connectivity index (χ1) is 11.5. The second-order valence-electron chi connectivity index (χ2n) is 7.42. The molecule has 0 aliphatic carbocycles. The summed E-state index contributed by atoms with van der Waals surface area (Å²) in [6.07, 6.45) is 0. The fourth-order valence-corrected chi connectivity index (χ4v) is 3.84. The minimum Gasteiger partial charge on any atom is -0.399 e. The van der Waals surface area contributed by atoms with Crippen LogP contribution >= 0.6 is 0 Å². The summed E-state index contributed by atoms with van der Waals surface area (Å²) >= 11 is 0. The smallest absolute Gasteiger partial charge is 0.237 e. The van der Waals surface area contributed by atoms with Crippen molar-refractivity contribution < 1.29 is 4.79 Å². The van der Waals surface area contributed by atoms with Crippen LogP contribution in [0.4, 0.5) is 17.1 Å². The maximum Gasteiger partial charge on any atom is 0.237 e. The van der Waals surface area contributed by atoms with E-state index in [9.17, 15) is 4.79 Å². The summed E-state index contributed by atoms with van der Waals surface area (Å²) in [6.45, 7) is 6.75. The molecule has 124 valence electrons. The van der Waals surface area contributed by atoms with Crippen molar-refractivity contribution in [2.75, 3.05) is 35.2 Å². The van der Waals surface area contributed by atoms with Crippen LogP contribution in [-0.4, -0.2) is 25.5 Å². The van der Waals surface area contributed by atoms with Crippen LogP contribution in [0.3, 0.4) is 0 Å². The van der Waals surface area contributed by atoms with Gasteiger partial charge in [-0.3, -0.25) is 4.79 Å². The molecule has 0 bridgehead atoms. The molecule has 4 rings (SSSR count). The second kappa shape index (κ2) is 5.26. The monoisotopic (exact) mass is 321 g/mol. The summed E-state index contributed by atoms with van der Waals surface area (Å²) in [7, 11) is 0. The molecule has 2 aromatic carbocycles. The van der Waals surface area contributed by atoms with Gasteiger partial charge in [0.1, 0.15) is 0 Å². The van der Waals surface area contributed by atoms with Gasteiger partial charge in [0.05, 0.1) is 5.41 Å². The van der Waals surface area contributed by atoms with Gasteiger partial charge in [0.25, 0.3) is 0 Å². The average Bonchev–Trinajstić information content (AvgIpc) is 2.71. The van der Waals surface area contributed by atoms with Crippen LogP contribution in [0.5, 0.6) is 0 Å². The minimum absolute atomic E-state index is 0.182. The molecule has 24 heavy (non-hydrogen) atoms. The molecule has 0 spiro atoms. The Balaban J connectivity index is 1.50. The van der Waals surface area contributed by atoms with Crippen LogP contribution in [0.25, 0.3) is 0 Å². The molecule has 1 saturated heterocycles. The van der Waals surface area contributed by atoms with E-state index in [1.807, 2.05) is 43.0 Å². The number of rotatable bonds is 3. The van der Waals surface area contributed by atoms with E-state index in [1.165, 1.54) is 5.69 Å². The summed E-state index contributed by atoms with van der Waals surface area (Å²) in [6, 6.07) is 16.3. The molecule has 2 aliphatic rings. The van der Waals surface area contributed by atoms with E-state index in [0.29, 0.717) is 11.6 Å². The molecular weight excluding hydrogens is 298 g/mol. The van der Waals surface area contributed by atoms with Gasteiger partial charge in [-0.1, -0.05) is 24.3 Å². The van der Waals surface area contributed by atoms with Gasteiger partial charge in [-0.15, -0.1) is 0 Å². The van der Waals surface area contributed by atoms with Crippen molar-refractivity contribution in [2.24, 2.45) is 5.92 Å². The Hall–Kier alpha value is -2.49. The van der Waals surface area contributed by atoms with Gasteiger partial charge < -0.3 is 15.5 Å². The quantitative estimate of drug-likeness (QED) is 0.884. The number of hydrogen-bond acceptors (Lipinski definition) is 3. The topological polar surface area (TPSA) is 49.6 Å². The highest BCUT2D eigenvalue weighted by Crippen LogP contribution is 2.43. The highest BCUT2D eigenvalue weighted by atomic mass is 16.2. The van der Waals surface area contributed by atoms with Crippen molar-refractivity contribution in [3.8, 4) is 0 Å². The van der Waals surface area contributed by atoms with Crippen LogP contribution in [0.1, 0.15) is 19.4 Å². The Kier molecular flexibility index (Phi) is 3.30. The van der Waals surface area contributed by atoms with Crippen LogP contribution in [0, 0.1) is 5.92 Å². The van der Waals surface area contributed by atoms with Crippen molar-refractivity contribution >= 4 is 23.0 Å². The van der Waals surface area contributed by atoms with E-state index < -0.39 is 5.41 Å². The van der Waals surface area contributed by atoms with Gasteiger partial charge in [0.2, 0.25) is 5.91 Å². The molecular formula is C20H23N3O. The zero-order chi connectivity index (χ0) is 16.9. The predicted molar refractivity (Wildman–Crippen MR) is 98.4 cm³/mol. The molecule has 0 saturated carbocycles. The van der Waals surface area contributed by atoms with E-state index in [1.54, 1.807) is 0 Å². The van der Waals surface area contributed by atoms with Crippen molar-refractivity contribution in [3.05, 3.63) is 54.1 Å². The average molecular weight is 321 g/mol. The summed E-state index contributed by atoms with van der Waals surface area (Å²) < 4.78 is 0. The molecule has 0 aromatic heterocycles. The Labute approximate surface area is 142 Å². The first-order valence-electron chi connectivity index (χ1n) is 8.49. The Bertz CT molecular complexity index is 779. The number of nitrogens with zero attached hydrogens (tertiary/aromatic N) is 2. The van der Waals surface area contributed by atoms with Crippen LogP contribution in [0.15, 0.2) is 48.5 Å². The van der Waals surface area contributed by atoms with E-state index in [0.717, 1.165) is 30.9 Å². The lowest BCUT2D eigenvalue weighted by Crippen LogP contribution is -2.53. The van der Waals surface area contributed by atoms with Gasteiger partial charge in [-0.05, 0) is 43.7 Å². The van der Waals surface area contributed by atoms with Gasteiger partial charge >= 0.3 is 0 Å². The summed E-state index contributed by atoms with van der Waals surface area (Å²) in [5.74, 6) is 0.679. The lowest BCUT2D eigenvalue weighted by atomic mass is 9.86. The molecule has 1 amide bonds. The number of carbonyl (C=O) groups is 1. The third-order valence-electron chi connectivity index (χ3n) is 5.29. The van der Waals surface area contributed by atoms with E-state index >= 15 is 0 Å². The van der Waals surface area contributed by atoms with Gasteiger partial charge in [-0.2, -0.15) is 0 Å². The van der Waals surface area contributed by atoms with Crippen LogP contribution in [-0.2, 0) is 10.2 Å². The van der Waals surface area contributed by atoms with Crippen molar-refractivity contribution in [3.63, 3.8) is 0 Å². The first-order valence-corrected chi connectivity index (χ1v) is 8.49. The number of anilines is 3. The number of para-hydroxylation sites is 1. The molecule has 4 heteroatoms. The Morgan fingerprint density at radius 2 is 1.83 bits per heavy atom. The molecule has 1 fully saturated rings. The third-order valence-corrected chi connectivity index (χ3v) is 5.29. The van der Waals surface area contributed by atoms with E-state index in [-0.39, 0.29) is 5.91 Å². The fourth-order valence-electron chi connectivity index (χ4n) is 3.84.